The van der Waals surface area contributed by atoms with Crippen molar-refractivity contribution in [3.63, 3.8) is 0 Å². The van der Waals surface area contributed by atoms with Crippen LogP contribution in [0.1, 0.15) is 24.5 Å². The van der Waals surface area contributed by atoms with Crippen molar-refractivity contribution in [2.24, 2.45) is 0 Å². The highest BCUT2D eigenvalue weighted by Gasteiger charge is 2.04. The first-order valence-electron chi connectivity index (χ1n) is 5.92. The first-order chi connectivity index (χ1) is 8.60. The number of aromatic nitrogens is 2. The van der Waals surface area contributed by atoms with Crippen LogP contribution in [0.25, 0.3) is 0 Å². The van der Waals surface area contributed by atoms with Gasteiger partial charge in [-0.05, 0) is 23.6 Å². The van der Waals surface area contributed by atoms with Crippen LogP contribution in [0.5, 0.6) is 0 Å². The van der Waals surface area contributed by atoms with Crippen molar-refractivity contribution in [3.05, 3.63) is 50.8 Å². The molecule has 1 heterocycles. The third-order valence-corrected chi connectivity index (χ3v) is 3.14. The zero-order valence-electron chi connectivity index (χ0n) is 10.2. The summed E-state index contributed by atoms with van der Waals surface area (Å²) in [4.78, 5) is 11.5. The van der Waals surface area contributed by atoms with Crippen LogP contribution in [0.4, 0.5) is 5.82 Å². The maximum absolute atomic E-state index is 11.5. The minimum atomic E-state index is -0.138. The van der Waals surface area contributed by atoms with E-state index in [9.17, 15) is 4.79 Å². The molecule has 0 aliphatic heterocycles. The standard InChI is InChI=1S/C13H16ClN3O/c1-2-3-10-5-4-9(6-11(10)14)8-17-13(18)7-12(15)16-17/h4-7,16H,2-3,8,15H2,1H3. The number of aryl methyl sites for hydroxylation is 1. The molecule has 2 aromatic rings. The Morgan fingerprint density at radius 2 is 2.17 bits per heavy atom. The number of nitrogens with two attached hydrogens (primary N) is 1. The molecule has 4 nitrogen and oxygen atoms in total. The Kier molecular flexibility index (Phi) is 3.77. The monoisotopic (exact) mass is 265 g/mol. The topological polar surface area (TPSA) is 63.8 Å². The molecule has 0 atom stereocenters. The third kappa shape index (κ3) is 2.76. The highest BCUT2D eigenvalue weighted by molar-refractivity contribution is 6.31. The molecule has 96 valence electrons. The lowest BCUT2D eigenvalue weighted by molar-refractivity contribution is 0.666. The van der Waals surface area contributed by atoms with E-state index >= 15 is 0 Å². The fourth-order valence-electron chi connectivity index (χ4n) is 1.92. The molecular formula is C13H16ClN3O. The molecule has 0 unspecified atom stereocenters. The summed E-state index contributed by atoms with van der Waals surface area (Å²) in [7, 11) is 0. The summed E-state index contributed by atoms with van der Waals surface area (Å²) in [5.74, 6) is 0.369. The van der Waals surface area contributed by atoms with Crippen molar-refractivity contribution in [2.45, 2.75) is 26.3 Å². The molecule has 0 aliphatic rings. The van der Waals surface area contributed by atoms with E-state index in [1.807, 2.05) is 18.2 Å². The van der Waals surface area contributed by atoms with E-state index in [4.69, 9.17) is 17.3 Å². The fourth-order valence-corrected chi connectivity index (χ4v) is 2.21. The van der Waals surface area contributed by atoms with Crippen molar-refractivity contribution in [1.29, 1.82) is 0 Å². The Morgan fingerprint density at radius 1 is 1.39 bits per heavy atom. The molecule has 18 heavy (non-hydrogen) atoms. The van der Waals surface area contributed by atoms with Gasteiger partial charge in [-0.1, -0.05) is 37.1 Å². The fraction of sp³-hybridized carbons (Fsp3) is 0.308. The van der Waals surface area contributed by atoms with Gasteiger partial charge in [0.05, 0.1) is 6.54 Å². The first kappa shape index (κ1) is 12.8. The van der Waals surface area contributed by atoms with Gasteiger partial charge in [-0.3, -0.25) is 9.89 Å². The van der Waals surface area contributed by atoms with Crippen LogP contribution < -0.4 is 11.3 Å². The summed E-state index contributed by atoms with van der Waals surface area (Å²) in [6.45, 7) is 2.56. The summed E-state index contributed by atoms with van der Waals surface area (Å²) in [5.41, 5.74) is 7.50. The maximum atomic E-state index is 11.5. The number of nitrogens with zero attached hydrogens (tertiary/aromatic N) is 1. The van der Waals surface area contributed by atoms with Crippen molar-refractivity contribution in [1.82, 2.24) is 9.78 Å². The Labute approximate surface area is 110 Å². The van der Waals surface area contributed by atoms with Crippen LogP contribution in [0.15, 0.2) is 29.1 Å². The molecule has 5 heteroatoms. The Bertz CT molecular complexity index is 601. The first-order valence-corrected chi connectivity index (χ1v) is 6.30. The largest absolute Gasteiger partial charge is 0.384 e. The molecular weight excluding hydrogens is 250 g/mol. The van der Waals surface area contributed by atoms with Crippen LogP contribution in [0.3, 0.4) is 0 Å². The van der Waals surface area contributed by atoms with E-state index in [-0.39, 0.29) is 5.56 Å². The average molecular weight is 266 g/mol. The number of rotatable bonds is 4. The van der Waals surface area contributed by atoms with Gasteiger partial charge < -0.3 is 5.73 Å². The number of hydrogen-bond acceptors (Lipinski definition) is 2. The van der Waals surface area contributed by atoms with E-state index in [0.29, 0.717) is 12.4 Å². The van der Waals surface area contributed by atoms with Gasteiger partial charge in [0, 0.05) is 11.1 Å². The van der Waals surface area contributed by atoms with Crippen LogP contribution in [0, 0.1) is 0 Å². The number of halogens is 1. The molecule has 0 fully saturated rings. The molecule has 0 spiro atoms. The number of hydrogen-bond donors (Lipinski definition) is 2. The van der Waals surface area contributed by atoms with Gasteiger partial charge in [0.15, 0.2) is 0 Å². The molecule has 0 radical (unpaired) electrons. The smallest absolute Gasteiger partial charge is 0.268 e. The normalized spacial score (nSPS) is 10.8. The summed E-state index contributed by atoms with van der Waals surface area (Å²) in [5, 5.41) is 3.54. The van der Waals surface area contributed by atoms with E-state index in [2.05, 4.69) is 12.0 Å². The molecule has 0 saturated carbocycles. The lowest BCUT2D eigenvalue weighted by Gasteiger charge is -2.07. The highest BCUT2D eigenvalue weighted by Crippen LogP contribution is 2.19. The van der Waals surface area contributed by atoms with E-state index in [0.717, 1.165) is 29.0 Å². The maximum Gasteiger partial charge on any atom is 0.268 e. The highest BCUT2D eigenvalue weighted by atomic mass is 35.5. The quantitative estimate of drug-likeness (QED) is 0.892. The van der Waals surface area contributed by atoms with Crippen LogP contribution in [0.2, 0.25) is 5.02 Å². The van der Waals surface area contributed by atoms with E-state index < -0.39 is 0 Å². The Hall–Kier alpha value is -1.68. The number of anilines is 1. The summed E-state index contributed by atoms with van der Waals surface area (Å²) >= 11 is 6.20. The molecule has 1 aromatic carbocycles. The minimum Gasteiger partial charge on any atom is -0.384 e. The van der Waals surface area contributed by atoms with Crippen LogP contribution in [-0.4, -0.2) is 9.78 Å². The Morgan fingerprint density at radius 3 is 2.72 bits per heavy atom. The van der Waals surface area contributed by atoms with Crippen molar-refractivity contribution >= 4 is 17.4 Å². The predicted octanol–water partition coefficient (Wildman–Crippen LogP) is 2.41. The van der Waals surface area contributed by atoms with E-state index in [1.54, 1.807) is 0 Å². The van der Waals surface area contributed by atoms with Crippen LogP contribution in [-0.2, 0) is 13.0 Å². The van der Waals surface area contributed by atoms with Crippen LogP contribution >= 0.6 is 11.6 Å². The van der Waals surface area contributed by atoms with Crippen molar-refractivity contribution in [3.8, 4) is 0 Å². The van der Waals surface area contributed by atoms with Crippen molar-refractivity contribution < 1.29 is 0 Å². The van der Waals surface area contributed by atoms with Gasteiger partial charge in [0.1, 0.15) is 5.82 Å². The summed E-state index contributed by atoms with van der Waals surface area (Å²) < 4.78 is 1.46. The molecule has 0 saturated heterocycles. The summed E-state index contributed by atoms with van der Waals surface area (Å²) in [6.07, 6.45) is 2.03. The number of benzene rings is 1. The minimum absolute atomic E-state index is 0.138. The Balaban J connectivity index is 2.22. The van der Waals surface area contributed by atoms with Gasteiger partial charge in [-0.2, -0.15) is 0 Å². The molecule has 3 N–H and O–H groups in total. The van der Waals surface area contributed by atoms with Gasteiger partial charge in [-0.15, -0.1) is 0 Å². The van der Waals surface area contributed by atoms with Crippen molar-refractivity contribution in [2.75, 3.05) is 5.73 Å². The SMILES string of the molecule is CCCc1ccc(Cn2[nH]c(N)cc2=O)cc1Cl. The molecule has 0 amide bonds. The lowest BCUT2D eigenvalue weighted by Crippen LogP contribution is -2.16. The second-order valence-electron chi connectivity index (χ2n) is 4.31. The van der Waals surface area contributed by atoms with Gasteiger partial charge in [0.25, 0.3) is 5.56 Å². The number of H-pyrrole nitrogens is 1. The van der Waals surface area contributed by atoms with Gasteiger partial charge >= 0.3 is 0 Å². The summed E-state index contributed by atoms with van der Waals surface area (Å²) in [6, 6.07) is 7.27. The number of nitrogen functional groups attached to an aromatic ring is 1. The molecule has 0 aliphatic carbocycles. The van der Waals surface area contributed by atoms with E-state index in [1.165, 1.54) is 10.7 Å². The second kappa shape index (κ2) is 5.31. The number of aromatic amines is 1. The molecule has 0 bridgehead atoms. The molecule has 2 rings (SSSR count). The third-order valence-electron chi connectivity index (χ3n) is 2.79. The number of nitrogens with one attached hydrogen (secondary N) is 1. The predicted molar refractivity (Wildman–Crippen MR) is 74.0 cm³/mol. The zero-order chi connectivity index (χ0) is 13.1. The zero-order valence-corrected chi connectivity index (χ0v) is 11.0. The van der Waals surface area contributed by atoms with Gasteiger partial charge in [0.2, 0.25) is 0 Å². The lowest BCUT2D eigenvalue weighted by atomic mass is 10.1. The van der Waals surface area contributed by atoms with Gasteiger partial charge in [-0.25, -0.2) is 4.68 Å². The second-order valence-corrected chi connectivity index (χ2v) is 4.72. The average Bonchev–Trinajstić information content (AvgIpc) is 2.61. The molecule has 1 aromatic heterocycles.